The number of amides is 1. The van der Waals surface area contributed by atoms with Crippen LogP contribution >= 0.6 is 34.2 Å². The summed E-state index contributed by atoms with van der Waals surface area (Å²) >= 11 is 7.86. The van der Waals surface area contributed by atoms with Crippen molar-refractivity contribution in [2.75, 3.05) is 5.32 Å². The van der Waals surface area contributed by atoms with E-state index in [2.05, 4.69) is 5.32 Å². The number of rotatable bonds is 3. The molecule has 2 rings (SSSR count). The molecule has 20 heavy (non-hydrogen) atoms. The fraction of sp³-hybridized carbons (Fsp3) is 0. The molecule has 0 aliphatic heterocycles. The predicted molar refractivity (Wildman–Crippen MR) is 85.2 cm³/mol. The minimum Gasteiger partial charge on any atom is -0.321 e. The van der Waals surface area contributed by atoms with Crippen LogP contribution in [0.15, 0.2) is 42.5 Å². The van der Waals surface area contributed by atoms with Gasteiger partial charge in [0.1, 0.15) is 5.56 Å². The van der Waals surface area contributed by atoms with Crippen LogP contribution in [0.4, 0.5) is 11.4 Å². The van der Waals surface area contributed by atoms with E-state index >= 15 is 0 Å². The van der Waals surface area contributed by atoms with Crippen LogP contribution in [-0.4, -0.2) is 10.8 Å². The van der Waals surface area contributed by atoms with Gasteiger partial charge in [-0.15, -0.1) is 0 Å². The van der Waals surface area contributed by atoms with Gasteiger partial charge in [-0.1, -0.05) is 23.7 Å². The molecule has 2 aromatic carbocycles. The van der Waals surface area contributed by atoms with E-state index < -0.39 is 10.8 Å². The van der Waals surface area contributed by atoms with E-state index in [1.54, 1.807) is 24.3 Å². The third-order valence-corrected chi connectivity index (χ3v) is 3.65. The molecule has 0 atom stereocenters. The molecule has 0 aromatic heterocycles. The lowest BCUT2D eigenvalue weighted by molar-refractivity contribution is -0.385. The topological polar surface area (TPSA) is 72.2 Å². The summed E-state index contributed by atoms with van der Waals surface area (Å²) in [6.07, 6.45) is 0. The first kappa shape index (κ1) is 14.7. The van der Waals surface area contributed by atoms with Gasteiger partial charge in [-0.3, -0.25) is 14.9 Å². The fourth-order valence-corrected chi connectivity index (χ4v) is 2.61. The second-order valence-corrected chi connectivity index (χ2v) is 5.45. The third-order valence-electron chi connectivity index (χ3n) is 2.52. The first-order valence-electron chi connectivity index (χ1n) is 5.49. The Morgan fingerprint density at radius 2 is 1.95 bits per heavy atom. The van der Waals surface area contributed by atoms with Crippen LogP contribution in [0.5, 0.6) is 0 Å². The highest BCUT2D eigenvalue weighted by atomic mass is 127. The Balaban J connectivity index is 2.31. The average Bonchev–Trinajstić information content (AvgIpc) is 2.41. The minimum atomic E-state index is -0.582. The highest BCUT2D eigenvalue weighted by Crippen LogP contribution is 2.24. The average molecular weight is 403 g/mol. The predicted octanol–water partition coefficient (Wildman–Crippen LogP) is 4.11. The van der Waals surface area contributed by atoms with E-state index in [9.17, 15) is 14.9 Å². The van der Waals surface area contributed by atoms with E-state index in [4.69, 9.17) is 11.6 Å². The second-order valence-electron chi connectivity index (χ2n) is 3.85. The zero-order valence-electron chi connectivity index (χ0n) is 9.97. The zero-order valence-corrected chi connectivity index (χ0v) is 12.9. The molecular formula is C13H8ClIN2O3. The standard InChI is InChI=1S/C13H8ClIN2O3/c14-8-5-6-11(10(15)7-8)16-13(18)9-3-1-2-4-12(9)17(19)20/h1-7H,(H,16,18). The number of hydrogen-bond acceptors (Lipinski definition) is 3. The van der Waals surface area contributed by atoms with Crippen molar-refractivity contribution in [1.82, 2.24) is 0 Å². The normalized spacial score (nSPS) is 10.1. The number of hydrogen-bond donors (Lipinski definition) is 1. The Bertz CT molecular complexity index is 691. The second kappa shape index (κ2) is 6.19. The molecule has 5 nitrogen and oxygen atoms in total. The Morgan fingerprint density at radius 3 is 2.60 bits per heavy atom. The number of halogens is 2. The maximum Gasteiger partial charge on any atom is 0.282 e. The van der Waals surface area contributed by atoms with Crippen molar-refractivity contribution in [1.29, 1.82) is 0 Å². The van der Waals surface area contributed by atoms with Crippen LogP contribution in [0.25, 0.3) is 0 Å². The van der Waals surface area contributed by atoms with Crippen LogP contribution in [0.1, 0.15) is 10.4 Å². The Kier molecular flexibility index (Phi) is 4.56. The number of nitrogens with zero attached hydrogens (tertiary/aromatic N) is 1. The molecule has 0 fully saturated rings. The molecule has 0 aliphatic carbocycles. The Hall–Kier alpha value is -1.67. The number of nitro groups is 1. The van der Waals surface area contributed by atoms with E-state index in [0.717, 1.165) is 3.57 Å². The van der Waals surface area contributed by atoms with Gasteiger partial charge in [-0.2, -0.15) is 0 Å². The first-order chi connectivity index (χ1) is 9.49. The molecule has 0 bridgehead atoms. The largest absolute Gasteiger partial charge is 0.321 e. The number of carbonyl (C=O) groups excluding carboxylic acids is 1. The third kappa shape index (κ3) is 3.26. The van der Waals surface area contributed by atoms with Crippen LogP contribution < -0.4 is 5.32 Å². The minimum absolute atomic E-state index is 0.0169. The van der Waals surface area contributed by atoms with Gasteiger partial charge in [0.15, 0.2) is 0 Å². The van der Waals surface area contributed by atoms with Crippen molar-refractivity contribution in [3.05, 3.63) is 66.7 Å². The van der Waals surface area contributed by atoms with Gasteiger partial charge in [0.05, 0.1) is 10.6 Å². The zero-order chi connectivity index (χ0) is 14.7. The maximum absolute atomic E-state index is 12.1. The summed E-state index contributed by atoms with van der Waals surface area (Å²) in [5.41, 5.74) is 0.343. The van der Waals surface area contributed by atoms with Gasteiger partial charge in [0.2, 0.25) is 0 Å². The summed E-state index contributed by atoms with van der Waals surface area (Å²) in [6, 6.07) is 10.8. The lowest BCUT2D eigenvalue weighted by atomic mass is 10.1. The number of benzene rings is 2. The summed E-state index contributed by atoms with van der Waals surface area (Å²) < 4.78 is 0.752. The van der Waals surface area contributed by atoms with Gasteiger partial charge in [0, 0.05) is 14.7 Å². The van der Waals surface area contributed by atoms with E-state index in [0.29, 0.717) is 10.7 Å². The number of carbonyl (C=O) groups is 1. The molecular weight excluding hydrogens is 395 g/mol. The molecule has 1 amide bonds. The summed E-state index contributed by atoms with van der Waals surface area (Å²) in [7, 11) is 0. The molecule has 0 heterocycles. The van der Waals surface area contributed by atoms with Crippen LogP contribution in [0.3, 0.4) is 0 Å². The van der Waals surface area contributed by atoms with Gasteiger partial charge in [0.25, 0.3) is 11.6 Å². The van der Waals surface area contributed by atoms with Crippen molar-refractivity contribution in [2.24, 2.45) is 0 Å². The highest BCUT2D eigenvalue weighted by Gasteiger charge is 2.19. The summed E-state index contributed by atoms with van der Waals surface area (Å²) in [4.78, 5) is 22.4. The molecule has 0 saturated heterocycles. The van der Waals surface area contributed by atoms with E-state index in [1.165, 1.54) is 18.2 Å². The van der Waals surface area contributed by atoms with E-state index in [1.807, 2.05) is 22.6 Å². The molecule has 102 valence electrons. The van der Waals surface area contributed by atoms with Crippen LogP contribution in [-0.2, 0) is 0 Å². The summed E-state index contributed by atoms with van der Waals surface area (Å²) in [5, 5.41) is 14.1. The maximum atomic E-state index is 12.1. The molecule has 0 radical (unpaired) electrons. The number of nitrogens with one attached hydrogen (secondary N) is 1. The van der Waals surface area contributed by atoms with Crippen molar-refractivity contribution in [3.63, 3.8) is 0 Å². The first-order valence-corrected chi connectivity index (χ1v) is 6.94. The SMILES string of the molecule is O=C(Nc1ccc(Cl)cc1I)c1ccccc1[N+](=O)[O-]. The van der Waals surface area contributed by atoms with Gasteiger partial charge >= 0.3 is 0 Å². The molecule has 0 unspecified atom stereocenters. The Morgan fingerprint density at radius 1 is 1.25 bits per heavy atom. The molecule has 7 heteroatoms. The summed E-state index contributed by atoms with van der Waals surface area (Å²) in [6.45, 7) is 0. The smallest absolute Gasteiger partial charge is 0.282 e. The molecule has 1 N–H and O–H groups in total. The van der Waals surface area contributed by atoms with Crippen molar-refractivity contribution in [2.45, 2.75) is 0 Å². The van der Waals surface area contributed by atoms with Gasteiger partial charge in [-0.25, -0.2) is 0 Å². The number of anilines is 1. The molecule has 0 aliphatic rings. The fourth-order valence-electron chi connectivity index (χ4n) is 1.61. The van der Waals surface area contributed by atoms with E-state index in [-0.39, 0.29) is 11.3 Å². The lowest BCUT2D eigenvalue weighted by Crippen LogP contribution is -2.14. The Labute approximate surface area is 133 Å². The van der Waals surface area contributed by atoms with Gasteiger partial charge in [-0.05, 0) is 46.9 Å². The monoisotopic (exact) mass is 402 g/mol. The summed E-state index contributed by atoms with van der Waals surface area (Å²) in [5.74, 6) is -0.530. The number of para-hydroxylation sites is 1. The number of nitro benzene ring substituents is 1. The van der Waals surface area contributed by atoms with Crippen LogP contribution in [0.2, 0.25) is 5.02 Å². The van der Waals surface area contributed by atoms with Crippen molar-refractivity contribution < 1.29 is 9.72 Å². The highest BCUT2D eigenvalue weighted by molar-refractivity contribution is 14.1. The van der Waals surface area contributed by atoms with Crippen molar-refractivity contribution >= 4 is 51.5 Å². The lowest BCUT2D eigenvalue weighted by Gasteiger charge is -2.08. The quantitative estimate of drug-likeness (QED) is 0.477. The molecule has 0 spiro atoms. The van der Waals surface area contributed by atoms with Crippen LogP contribution in [0, 0.1) is 13.7 Å². The van der Waals surface area contributed by atoms with Crippen molar-refractivity contribution in [3.8, 4) is 0 Å². The van der Waals surface area contributed by atoms with Gasteiger partial charge < -0.3 is 5.32 Å². The molecule has 2 aromatic rings. The molecule has 0 saturated carbocycles.